The molecule has 0 spiro atoms. The first kappa shape index (κ1) is 12.2. The van der Waals surface area contributed by atoms with E-state index in [1.807, 2.05) is 41.2 Å². The Morgan fingerprint density at radius 1 is 1.33 bits per heavy atom. The van der Waals surface area contributed by atoms with E-state index in [0.717, 1.165) is 24.5 Å². The van der Waals surface area contributed by atoms with Gasteiger partial charge in [0.25, 0.3) is 0 Å². The van der Waals surface area contributed by atoms with Crippen LogP contribution in [0.4, 0.5) is 11.4 Å². The fourth-order valence-electron chi connectivity index (χ4n) is 1.66. The van der Waals surface area contributed by atoms with Crippen LogP contribution < -0.4 is 10.6 Å². The van der Waals surface area contributed by atoms with Gasteiger partial charge in [-0.1, -0.05) is 6.07 Å². The summed E-state index contributed by atoms with van der Waals surface area (Å²) in [6.45, 7) is 3.08. The zero-order chi connectivity index (χ0) is 12.8. The topological polar surface area (TPSA) is 59.0 Å². The van der Waals surface area contributed by atoms with E-state index in [-0.39, 0.29) is 5.91 Å². The highest BCUT2D eigenvalue weighted by Gasteiger charge is 1.97. The van der Waals surface area contributed by atoms with Gasteiger partial charge in [-0.05, 0) is 24.3 Å². The van der Waals surface area contributed by atoms with E-state index in [9.17, 15) is 4.79 Å². The van der Waals surface area contributed by atoms with Gasteiger partial charge >= 0.3 is 0 Å². The Bertz CT molecular complexity index is 507. The minimum atomic E-state index is -0.0660. The van der Waals surface area contributed by atoms with Crippen LogP contribution in [0.5, 0.6) is 0 Å². The number of carbonyl (C=O) groups is 1. The van der Waals surface area contributed by atoms with Crippen molar-refractivity contribution in [3.63, 3.8) is 0 Å². The van der Waals surface area contributed by atoms with Gasteiger partial charge < -0.3 is 10.6 Å². The number of nitrogens with zero attached hydrogens (tertiary/aromatic N) is 2. The van der Waals surface area contributed by atoms with Crippen LogP contribution in [0.25, 0.3) is 0 Å². The number of anilines is 2. The van der Waals surface area contributed by atoms with Gasteiger partial charge in [-0.3, -0.25) is 9.48 Å². The Morgan fingerprint density at radius 3 is 2.89 bits per heavy atom. The SMILES string of the molecule is CC(=O)Nc1cccc(NCCn2cccn2)c1. The smallest absolute Gasteiger partial charge is 0.221 e. The van der Waals surface area contributed by atoms with E-state index in [0.29, 0.717) is 0 Å². The Hall–Kier alpha value is -2.30. The fourth-order valence-corrected chi connectivity index (χ4v) is 1.66. The number of hydrogen-bond acceptors (Lipinski definition) is 3. The van der Waals surface area contributed by atoms with Crippen LogP contribution in [0.1, 0.15) is 6.92 Å². The minimum Gasteiger partial charge on any atom is -0.383 e. The molecule has 2 aromatic rings. The van der Waals surface area contributed by atoms with Crippen molar-refractivity contribution < 1.29 is 4.79 Å². The Labute approximate surface area is 106 Å². The normalized spacial score (nSPS) is 10.1. The Morgan fingerprint density at radius 2 is 2.17 bits per heavy atom. The maximum Gasteiger partial charge on any atom is 0.221 e. The molecule has 0 saturated heterocycles. The summed E-state index contributed by atoms with van der Waals surface area (Å²) < 4.78 is 1.87. The van der Waals surface area contributed by atoms with Crippen LogP contribution in [-0.4, -0.2) is 22.2 Å². The summed E-state index contributed by atoms with van der Waals surface area (Å²) in [5.74, 6) is -0.0660. The van der Waals surface area contributed by atoms with Gasteiger partial charge in [0.2, 0.25) is 5.91 Å². The number of hydrogen-bond donors (Lipinski definition) is 2. The summed E-state index contributed by atoms with van der Waals surface area (Å²) in [6, 6.07) is 9.54. The lowest BCUT2D eigenvalue weighted by Crippen LogP contribution is -2.11. The van der Waals surface area contributed by atoms with Crippen LogP contribution in [0.15, 0.2) is 42.7 Å². The summed E-state index contributed by atoms with van der Waals surface area (Å²) in [4.78, 5) is 11.0. The largest absolute Gasteiger partial charge is 0.383 e. The lowest BCUT2D eigenvalue weighted by atomic mass is 10.2. The van der Waals surface area contributed by atoms with E-state index >= 15 is 0 Å². The van der Waals surface area contributed by atoms with Crippen LogP contribution >= 0.6 is 0 Å². The van der Waals surface area contributed by atoms with Gasteiger partial charge in [0.05, 0.1) is 6.54 Å². The highest BCUT2D eigenvalue weighted by Crippen LogP contribution is 2.14. The molecule has 1 amide bonds. The summed E-state index contributed by atoms with van der Waals surface area (Å²) in [6.07, 6.45) is 3.69. The predicted molar refractivity (Wildman–Crippen MR) is 71.5 cm³/mol. The second-order valence-electron chi connectivity index (χ2n) is 3.96. The van der Waals surface area contributed by atoms with Gasteiger partial charge in [0.15, 0.2) is 0 Å². The highest BCUT2D eigenvalue weighted by atomic mass is 16.1. The molecule has 0 bridgehead atoms. The van der Waals surface area contributed by atoms with E-state index in [1.165, 1.54) is 6.92 Å². The van der Waals surface area contributed by atoms with Crippen molar-refractivity contribution in [2.45, 2.75) is 13.5 Å². The molecular weight excluding hydrogens is 228 g/mol. The van der Waals surface area contributed by atoms with Gasteiger partial charge in [0.1, 0.15) is 0 Å². The third-order valence-corrected chi connectivity index (χ3v) is 2.41. The lowest BCUT2D eigenvalue weighted by molar-refractivity contribution is -0.114. The first-order chi connectivity index (χ1) is 8.74. The molecule has 1 aromatic heterocycles. The lowest BCUT2D eigenvalue weighted by Gasteiger charge is -2.08. The molecule has 0 unspecified atom stereocenters. The molecule has 1 aromatic carbocycles. The molecule has 0 radical (unpaired) electrons. The molecule has 94 valence electrons. The standard InChI is InChI=1S/C13H16N4O/c1-11(18)16-13-5-2-4-12(10-13)14-7-9-17-8-3-6-15-17/h2-6,8,10,14H,7,9H2,1H3,(H,16,18). The molecule has 1 heterocycles. The molecule has 5 heteroatoms. The Balaban J connectivity index is 1.87. The summed E-state index contributed by atoms with van der Waals surface area (Å²) in [5, 5.41) is 10.2. The van der Waals surface area contributed by atoms with Gasteiger partial charge in [-0.2, -0.15) is 5.10 Å². The number of aromatic nitrogens is 2. The quantitative estimate of drug-likeness (QED) is 0.845. The first-order valence-electron chi connectivity index (χ1n) is 5.83. The predicted octanol–water partition coefficient (Wildman–Crippen LogP) is 1.95. The van der Waals surface area contributed by atoms with Crippen LogP contribution in [-0.2, 0) is 11.3 Å². The van der Waals surface area contributed by atoms with E-state index in [4.69, 9.17) is 0 Å². The second kappa shape index (κ2) is 5.86. The van der Waals surface area contributed by atoms with Crippen LogP contribution in [0.3, 0.4) is 0 Å². The van der Waals surface area contributed by atoms with Crippen molar-refractivity contribution in [1.29, 1.82) is 0 Å². The van der Waals surface area contributed by atoms with Crippen LogP contribution in [0, 0.1) is 0 Å². The number of benzene rings is 1. The molecule has 0 aliphatic carbocycles. The summed E-state index contributed by atoms with van der Waals surface area (Å²) in [7, 11) is 0. The maximum atomic E-state index is 11.0. The average molecular weight is 244 g/mol. The number of rotatable bonds is 5. The molecule has 0 fully saturated rings. The average Bonchev–Trinajstić information content (AvgIpc) is 2.82. The molecule has 0 aliphatic rings. The zero-order valence-corrected chi connectivity index (χ0v) is 10.3. The zero-order valence-electron chi connectivity index (χ0n) is 10.3. The number of carbonyl (C=O) groups excluding carboxylic acids is 1. The monoisotopic (exact) mass is 244 g/mol. The summed E-state index contributed by atoms with van der Waals surface area (Å²) >= 11 is 0. The highest BCUT2D eigenvalue weighted by molar-refractivity contribution is 5.89. The molecular formula is C13H16N4O. The maximum absolute atomic E-state index is 11.0. The molecule has 0 atom stereocenters. The number of amides is 1. The molecule has 18 heavy (non-hydrogen) atoms. The Kier molecular flexibility index (Phi) is 3.96. The molecule has 2 rings (SSSR count). The molecule has 2 N–H and O–H groups in total. The van der Waals surface area contributed by atoms with Crippen molar-refractivity contribution in [2.24, 2.45) is 0 Å². The van der Waals surface area contributed by atoms with E-state index in [2.05, 4.69) is 15.7 Å². The van der Waals surface area contributed by atoms with E-state index < -0.39 is 0 Å². The van der Waals surface area contributed by atoms with Gasteiger partial charge in [-0.15, -0.1) is 0 Å². The second-order valence-corrected chi connectivity index (χ2v) is 3.96. The molecule has 5 nitrogen and oxygen atoms in total. The van der Waals surface area contributed by atoms with Gasteiger partial charge in [0, 0.05) is 37.2 Å². The van der Waals surface area contributed by atoms with Crippen molar-refractivity contribution >= 4 is 17.3 Å². The fraction of sp³-hybridized carbons (Fsp3) is 0.231. The van der Waals surface area contributed by atoms with Crippen molar-refractivity contribution in [1.82, 2.24) is 9.78 Å². The first-order valence-corrected chi connectivity index (χ1v) is 5.83. The van der Waals surface area contributed by atoms with Crippen molar-refractivity contribution in [2.75, 3.05) is 17.2 Å². The van der Waals surface area contributed by atoms with Crippen molar-refractivity contribution in [3.05, 3.63) is 42.7 Å². The number of nitrogens with one attached hydrogen (secondary N) is 2. The van der Waals surface area contributed by atoms with Gasteiger partial charge in [-0.25, -0.2) is 0 Å². The van der Waals surface area contributed by atoms with E-state index in [1.54, 1.807) is 6.20 Å². The third kappa shape index (κ3) is 3.62. The van der Waals surface area contributed by atoms with Crippen molar-refractivity contribution in [3.8, 4) is 0 Å². The minimum absolute atomic E-state index is 0.0660. The molecule has 0 saturated carbocycles. The third-order valence-electron chi connectivity index (χ3n) is 2.41. The van der Waals surface area contributed by atoms with Crippen LogP contribution in [0.2, 0.25) is 0 Å². The summed E-state index contributed by atoms with van der Waals surface area (Å²) in [5.41, 5.74) is 1.78. The molecule has 0 aliphatic heterocycles.